The fourth-order valence-electron chi connectivity index (χ4n) is 3.95. The van der Waals surface area contributed by atoms with Crippen LogP contribution in [0.4, 0.5) is 0 Å². The molecule has 2 heterocycles. The Morgan fingerprint density at radius 1 is 1.07 bits per heavy atom. The number of benzene rings is 2. The Morgan fingerprint density at radius 3 is 2.61 bits per heavy atom. The summed E-state index contributed by atoms with van der Waals surface area (Å²) in [7, 11) is -1.05. The van der Waals surface area contributed by atoms with Gasteiger partial charge >= 0.3 is 0 Å². The molecule has 2 aromatic carbocycles. The Kier molecular flexibility index (Phi) is 4.76. The van der Waals surface area contributed by atoms with Crippen molar-refractivity contribution in [2.45, 2.75) is 17.4 Å². The number of carbonyl (C=O) groups is 1. The van der Waals surface area contributed by atoms with Gasteiger partial charge in [-0.15, -0.1) is 0 Å². The Hall–Kier alpha value is -2.58. The molecule has 2 aliphatic heterocycles. The van der Waals surface area contributed by atoms with E-state index in [-0.39, 0.29) is 35.7 Å². The number of fused-ring (bicyclic) bond motifs is 3. The first kappa shape index (κ1) is 18.8. The van der Waals surface area contributed by atoms with E-state index < -0.39 is 10.0 Å². The zero-order chi connectivity index (χ0) is 19.9. The van der Waals surface area contributed by atoms with Crippen LogP contribution in [0.1, 0.15) is 17.2 Å². The number of nitrogens with zero attached hydrogens (tertiary/aromatic N) is 2. The van der Waals surface area contributed by atoms with Gasteiger partial charge in [-0.25, -0.2) is 8.42 Å². The molecule has 2 aromatic rings. The van der Waals surface area contributed by atoms with Crippen LogP contribution < -0.4 is 9.47 Å². The monoisotopic (exact) mass is 402 g/mol. The standard InChI is InChI=1S/C20H22N2O5S/c1-26-15-7-8-18(27-2)19(11-15)28(24,25)21-12-17-16-6-4-3-5-14(16)9-10-22(17)20(23)13-21/h3-8,11,17H,9-10,12-13H2,1-2H3/t17-/m1/s1. The molecule has 2 aliphatic rings. The second-order valence-electron chi connectivity index (χ2n) is 6.87. The van der Waals surface area contributed by atoms with Crippen molar-refractivity contribution < 1.29 is 22.7 Å². The highest BCUT2D eigenvalue weighted by molar-refractivity contribution is 7.89. The smallest absolute Gasteiger partial charge is 0.247 e. The van der Waals surface area contributed by atoms with Gasteiger partial charge in [-0.1, -0.05) is 24.3 Å². The van der Waals surface area contributed by atoms with E-state index in [1.807, 2.05) is 24.3 Å². The molecule has 148 valence electrons. The SMILES string of the molecule is COc1ccc(OC)c(S(=O)(=O)N2CC(=O)N3CCc4ccccc4[C@H]3C2)c1. The van der Waals surface area contributed by atoms with Crippen molar-refractivity contribution in [3.8, 4) is 11.5 Å². The first-order valence-corrected chi connectivity index (χ1v) is 10.5. The summed E-state index contributed by atoms with van der Waals surface area (Å²) in [5.41, 5.74) is 2.18. The molecule has 1 saturated heterocycles. The Labute approximate surface area is 164 Å². The topological polar surface area (TPSA) is 76.1 Å². The van der Waals surface area contributed by atoms with E-state index in [1.54, 1.807) is 17.0 Å². The maximum Gasteiger partial charge on any atom is 0.247 e. The van der Waals surface area contributed by atoms with Gasteiger partial charge in [0, 0.05) is 19.2 Å². The average molecular weight is 402 g/mol. The summed E-state index contributed by atoms with van der Waals surface area (Å²) >= 11 is 0. The molecule has 0 bridgehead atoms. The summed E-state index contributed by atoms with van der Waals surface area (Å²) in [5.74, 6) is 0.447. The third-order valence-electron chi connectivity index (χ3n) is 5.41. The average Bonchev–Trinajstić information content (AvgIpc) is 2.72. The van der Waals surface area contributed by atoms with Crippen molar-refractivity contribution in [2.24, 2.45) is 0 Å². The van der Waals surface area contributed by atoms with Crippen LogP contribution in [0.2, 0.25) is 0 Å². The maximum atomic E-state index is 13.4. The van der Waals surface area contributed by atoms with E-state index in [9.17, 15) is 13.2 Å². The van der Waals surface area contributed by atoms with Crippen LogP contribution in [0.15, 0.2) is 47.4 Å². The molecule has 28 heavy (non-hydrogen) atoms. The molecule has 0 aliphatic carbocycles. The van der Waals surface area contributed by atoms with Gasteiger partial charge in [-0.2, -0.15) is 4.31 Å². The fourth-order valence-corrected chi connectivity index (χ4v) is 5.52. The number of hydrogen-bond acceptors (Lipinski definition) is 5. The predicted molar refractivity (Wildman–Crippen MR) is 103 cm³/mol. The molecular weight excluding hydrogens is 380 g/mol. The van der Waals surface area contributed by atoms with E-state index in [0.717, 1.165) is 17.5 Å². The van der Waals surface area contributed by atoms with Crippen LogP contribution in [-0.2, 0) is 21.2 Å². The van der Waals surface area contributed by atoms with Gasteiger partial charge in [0.1, 0.15) is 16.4 Å². The summed E-state index contributed by atoms with van der Waals surface area (Å²) < 4.78 is 38.5. The fraction of sp³-hybridized carbons (Fsp3) is 0.350. The third kappa shape index (κ3) is 3.02. The third-order valence-corrected chi connectivity index (χ3v) is 7.24. The maximum absolute atomic E-state index is 13.4. The van der Waals surface area contributed by atoms with Crippen molar-refractivity contribution in [3.05, 3.63) is 53.6 Å². The summed E-state index contributed by atoms with van der Waals surface area (Å²) in [4.78, 5) is 14.6. The van der Waals surface area contributed by atoms with E-state index in [0.29, 0.717) is 12.3 Å². The van der Waals surface area contributed by atoms with Crippen LogP contribution in [0.3, 0.4) is 0 Å². The normalized spacial score (nSPS) is 19.7. The number of rotatable bonds is 4. The number of sulfonamides is 1. The van der Waals surface area contributed by atoms with Crippen molar-refractivity contribution in [3.63, 3.8) is 0 Å². The highest BCUT2D eigenvalue weighted by Crippen LogP contribution is 2.37. The summed E-state index contributed by atoms with van der Waals surface area (Å²) in [6.07, 6.45) is 0.787. The molecule has 1 atom stereocenters. The largest absolute Gasteiger partial charge is 0.497 e. The van der Waals surface area contributed by atoms with E-state index in [1.165, 1.54) is 24.6 Å². The van der Waals surface area contributed by atoms with Crippen LogP contribution in [0.5, 0.6) is 11.5 Å². The second kappa shape index (κ2) is 7.10. The molecule has 0 saturated carbocycles. The zero-order valence-corrected chi connectivity index (χ0v) is 16.6. The lowest BCUT2D eigenvalue weighted by atomic mass is 9.91. The first-order valence-electron chi connectivity index (χ1n) is 9.05. The van der Waals surface area contributed by atoms with Crippen LogP contribution in [0.25, 0.3) is 0 Å². The lowest BCUT2D eigenvalue weighted by molar-refractivity contribution is -0.138. The molecule has 4 rings (SSSR count). The van der Waals surface area contributed by atoms with Crippen LogP contribution >= 0.6 is 0 Å². The highest BCUT2D eigenvalue weighted by atomic mass is 32.2. The minimum atomic E-state index is -3.94. The van der Waals surface area contributed by atoms with Crippen LogP contribution in [0, 0.1) is 0 Å². The number of piperazine rings is 1. The van der Waals surface area contributed by atoms with Gasteiger partial charge in [0.2, 0.25) is 15.9 Å². The lowest BCUT2D eigenvalue weighted by Gasteiger charge is -2.44. The number of carbonyl (C=O) groups excluding carboxylic acids is 1. The number of ether oxygens (including phenoxy) is 2. The quantitative estimate of drug-likeness (QED) is 0.780. The second-order valence-corrected chi connectivity index (χ2v) is 8.77. The first-order chi connectivity index (χ1) is 13.5. The Morgan fingerprint density at radius 2 is 1.86 bits per heavy atom. The van der Waals surface area contributed by atoms with Gasteiger partial charge in [0.25, 0.3) is 0 Å². The minimum absolute atomic E-state index is 0.000283. The number of hydrogen-bond donors (Lipinski definition) is 0. The molecule has 0 radical (unpaired) electrons. The molecule has 1 fully saturated rings. The van der Waals surface area contributed by atoms with Crippen molar-refractivity contribution in [1.82, 2.24) is 9.21 Å². The molecule has 0 unspecified atom stereocenters. The van der Waals surface area contributed by atoms with Gasteiger partial charge in [0.15, 0.2) is 0 Å². The van der Waals surface area contributed by atoms with E-state index in [2.05, 4.69) is 0 Å². The van der Waals surface area contributed by atoms with Crippen LogP contribution in [-0.4, -0.2) is 57.4 Å². The molecule has 0 aromatic heterocycles. The molecule has 0 spiro atoms. The minimum Gasteiger partial charge on any atom is -0.497 e. The van der Waals surface area contributed by atoms with Gasteiger partial charge in [0.05, 0.1) is 26.8 Å². The van der Waals surface area contributed by atoms with Gasteiger partial charge in [-0.3, -0.25) is 4.79 Å². The predicted octanol–water partition coefficient (Wildman–Crippen LogP) is 1.83. The summed E-state index contributed by atoms with van der Waals surface area (Å²) in [6, 6.07) is 12.2. The van der Waals surface area contributed by atoms with Crippen molar-refractivity contribution in [2.75, 3.05) is 33.9 Å². The zero-order valence-electron chi connectivity index (χ0n) is 15.8. The molecule has 7 nitrogen and oxygen atoms in total. The molecule has 0 N–H and O–H groups in total. The Balaban J connectivity index is 1.74. The molecule has 8 heteroatoms. The molecule has 1 amide bonds. The summed E-state index contributed by atoms with van der Waals surface area (Å²) in [6.45, 7) is 0.643. The van der Waals surface area contributed by atoms with Gasteiger partial charge < -0.3 is 14.4 Å². The van der Waals surface area contributed by atoms with Gasteiger partial charge in [-0.05, 0) is 29.7 Å². The highest BCUT2D eigenvalue weighted by Gasteiger charge is 2.42. The van der Waals surface area contributed by atoms with Crippen molar-refractivity contribution in [1.29, 1.82) is 0 Å². The van der Waals surface area contributed by atoms with E-state index in [4.69, 9.17) is 9.47 Å². The summed E-state index contributed by atoms with van der Waals surface area (Å²) in [5, 5.41) is 0. The molecular formula is C20H22N2O5S. The van der Waals surface area contributed by atoms with E-state index >= 15 is 0 Å². The number of amides is 1. The Bertz CT molecular complexity index is 1020. The van der Waals surface area contributed by atoms with Crippen molar-refractivity contribution >= 4 is 15.9 Å². The lowest BCUT2D eigenvalue weighted by Crippen LogP contribution is -2.55. The number of methoxy groups -OCH3 is 2.